The minimum absolute atomic E-state index is 0.102. The Labute approximate surface area is 213 Å². The number of benzene rings is 1. The van der Waals surface area contributed by atoms with E-state index < -0.39 is 5.97 Å². The summed E-state index contributed by atoms with van der Waals surface area (Å²) < 4.78 is 7.85. The largest absolute Gasteiger partial charge is 0.478 e. The zero-order chi connectivity index (χ0) is 25.9. The van der Waals surface area contributed by atoms with Crippen molar-refractivity contribution in [2.45, 2.75) is 40.0 Å². The molecule has 1 spiro atoms. The summed E-state index contributed by atoms with van der Waals surface area (Å²) >= 11 is 0. The Hall–Kier alpha value is -3.32. The minimum atomic E-state index is -0.972. The molecule has 192 valence electrons. The van der Waals surface area contributed by atoms with Gasteiger partial charge in [-0.1, -0.05) is 17.7 Å². The Bertz CT molecular complexity index is 1200. The van der Waals surface area contributed by atoms with Crippen LogP contribution in [0.2, 0.25) is 0 Å². The first-order valence-electron chi connectivity index (χ1n) is 12.7. The van der Waals surface area contributed by atoms with Crippen molar-refractivity contribution in [3.63, 3.8) is 0 Å². The van der Waals surface area contributed by atoms with Gasteiger partial charge in [0, 0.05) is 37.4 Å². The third kappa shape index (κ3) is 5.57. The number of carbonyl (C=O) groups excluding carboxylic acids is 1. The predicted molar refractivity (Wildman–Crippen MR) is 143 cm³/mol. The SMILES string of the molecule is C/C=C\c1ccn(C)c1/C=C(\C)CN1CCCC2(CC1)COC(=O)N(c1ccc(C(=O)O)cc1C)C2. The number of carboxylic acid groups (broad SMARTS) is 1. The average molecular weight is 492 g/mol. The molecule has 1 aromatic carbocycles. The molecule has 1 atom stereocenters. The van der Waals surface area contributed by atoms with Gasteiger partial charge in [-0.15, -0.1) is 0 Å². The molecule has 36 heavy (non-hydrogen) atoms. The molecule has 0 bridgehead atoms. The molecule has 2 aromatic rings. The van der Waals surface area contributed by atoms with Crippen LogP contribution < -0.4 is 4.90 Å². The first-order valence-corrected chi connectivity index (χ1v) is 12.7. The molecule has 2 fully saturated rings. The lowest BCUT2D eigenvalue weighted by Gasteiger charge is -2.42. The molecule has 7 nitrogen and oxygen atoms in total. The van der Waals surface area contributed by atoms with E-state index in [1.165, 1.54) is 16.8 Å². The Balaban J connectivity index is 1.45. The second-order valence-electron chi connectivity index (χ2n) is 10.3. The zero-order valence-corrected chi connectivity index (χ0v) is 21.8. The van der Waals surface area contributed by atoms with Gasteiger partial charge in [0.1, 0.15) is 6.61 Å². The van der Waals surface area contributed by atoms with Gasteiger partial charge in [-0.3, -0.25) is 9.80 Å². The van der Waals surface area contributed by atoms with Crippen molar-refractivity contribution in [3.05, 3.63) is 64.5 Å². The number of amides is 1. The van der Waals surface area contributed by atoms with Gasteiger partial charge in [0.2, 0.25) is 0 Å². The van der Waals surface area contributed by atoms with Crippen LogP contribution in [-0.2, 0) is 11.8 Å². The van der Waals surface area contributed by atoms with Gasteiger partial charge in [0.15, 0.2) is 0 Å². The number of aromatic nitrogens is 1. The van der Waals surface area contributed by atoms with Gasteiger partial charge in [-0.05, 0) is 94.6 Å². The van der Waals surface area contributed by atoms with E-state index >= 15 is 0 Å². The summed E-state index contributed by atoms with van der Waals surface area (Å²) in [7, 11) is 2.08. The van der Waals surface area contributed by atoms with Crippen molar-refractivity contribution >= 4 is 29.9 Å². The molecule has 0 saturated carbocycles. The first-order chi connectivity index (χ1) is 17.2. The van der Waals surface area contributed by atoms with Crippen LogP contribution in [0.5, 0.6) is 0 Å². The fourth-order valence-electron chi connectivity index (χ4n) is 5.48. The molecule has 0 radical (unpaired) electrons. The fourth-order valence-corrected chi connectivity index (χ4v) is 5.48. The highest BCUT2D eigenvalue weighted by atomic mass is 16.6. The van der Waals surface area contributed by atoms with Crippen molar-refractivity contribution in [1.82, 2.24) is 9.47 Å². The summed E-state index contributed by atoms with van der Waals surface area (Å²) in [5, 5.41) is 9.28. The third-order valence-electron chi connectivity index (χ3n) is 7.45. The number of hydrogen-bond acceptors (Lipinski definition) is 4. The minimum Gasteiger partial charge on any atom is -0.478 e. The van der Waals surface area contributed by atoms with Crippen LogP contribution >= 0.6 is 0 Å². The van der Waals surface area contributed by atoms with Gasteiger partial charge >= 0.3 is 12.1 Å². The van der Waals surface area contributed by atoms with Gasteiger partial charge in [-0.25, -0.2) is 9.59 Å². The van der Waals surface area contributed by atoms with Crippen LogP contribution in [0, 0.1) is 12.3 Å². The number of allylic oxidation sites excluding steroid dienone is 1. The van der Waals surface area contributed by atoms with Gasteiger partial charge in [0.25, 0.3) is 0 Å². The van der Waals surface area contributed by atoms with Crippen molar-refractivity contribution < 1.29 is 19.4 Å². The number of cyclic esters (lactones) is 1. The number of aromatic carboxylic acids is 1. The Morgan fingerprint density at radius 1 is 1.22 bits per heavy atom. The van der Waals surface area contributed by atoms with Crippen molar-refractivity contribution in [2.24, 2.45) is 12.5 Å². The number of carbonyl (C=O) groups is 2. The smallest absolute Gasteiger partial charge is 0.414 e. The molecule has 0 aliphatic carbocycles. The number of carboxylic acids is 1. The lowest BCUT2D eigenvalue weighted by Crippen LogP contribution is -2.51. The van der Waals surface area contributed by atoms with E-state index in [1.54, 1.807) is 23.1 Å². The molecule has 1 amide bonds. The Morgan fingerprint density at radius 2 is 2.03 bits per heavy atom. The monoisotopic (exact) mass is 491 g/mol. The van der Waals surface area contributed by atoms with E-state index in [0.29, 0.717) is 13.2 Å². The molecular formula is C29H37N3O4. The summed E-state index contributed by atoms with van der Waals surface area (Å²) in [5.41, 5.74) is 5.37. The molecule has 1 N–H and O–H groups in total. The molecule has 2 aliphatic rings. The van der Waals surface area contributed by atoms with Crippen molar-refractivity contribution in [2.75, 3.05) is 37.7 Å². The van der Waals surface area contributed by atoms with E-state index in [1.807, 2.05) is 13.8 Å². The lowest BCUT2D eigenvalue weighted by molar-refractivity contribution is 0.0537. The number of likely N-dealkylation sites (tertiary alicyclic amines) is 1. The maximum Gasteiger partial charge on any atom is 0.414 e. The first kappa shape index (κ1) is 25.8. The van der Waals surface area contributed by atoms with E-state index in [9.17, 15) is 14.7 Å². The van der Waals surface area contributed by atoms with E-state index in [-0.39, 0.29) is 17.1 Å². The fraction of sp³-hybridized carbons (Fsp3) is 0.448. The van der Waals surface area contributed by atoms with Crippen LogP contribution in [0.1, 0.15) is 60.3 Å². The van der Waals surface area contributed by atoms with Gasteiger partial charge in [-0.2, -0.15) is 0 Å². The van der Waals surface area contributed by atoms with Crippen LogP contribution in [0.15, 0.2) is 42.1 Å². The predicted octanol–water partition coefficient (Wildman–Crippen LogP) is 5.60. The molecule has 2 saturated heterocycles. The standard InChI is InChI=1S/C29H37N3O4/c1-5-7-23-10-14-30(4)26(23)16-21(2)18-31-13-6-11-29(12-15-31)19-32(28(35)36-20-29)25-9-8-24(27(33)34)17-22(25)3/h5,7-10,14,16-17H,6,11-13,15,18-20H2,1-4H3,(H,33,34)/b7-5-,21-16+. The second kappa shape index (κ2) is 10.7. The van der Waals surface area contributed by atoms with Crippen LogP contribution in [0.25, 0.3) is 12.2 Å². The molecule has 4 rings (SSSR count). The topological polar surface area (TPSA) is 75.0 Å². The van der Waals surface area contributed by atoms with E-state index in [0.717, 1.165) is 50.1 Å². The number of nitrogens with zero attached hydrogens (tertiary/aromatic N) is 3. The van der Waals surface area contributed by atoms with Gasteiger partial charge < -0.3 is 14.4 Å². The average Bonchev–Trinajstić information content (AvgIpc) is 3.06. The summed E-state index contributed by atoms with van der Waals surface area (Å²) in [6, 6.07) is 7.03. The number of rotatable bonds is 6. The number of hydrogen-bond donors (Lipinski definition) is 1. The number of aryl methyl sites for hydroxylation is 2. The summed E-state index contributed by atoms with van der Waals surface area (Å²) in [5.74, 6) is -0.972. The van der Waals surface area contributed by atoms with Crippen LogP contribution in [0.4, 0.5) is 10.5 Å². The molecule has 1 aromatic heterocycles. The Morgan fingerprint density at radius 3 is 2.75 bits per heavy atom. The number of ether oxygens (including phenoxy) is 1. The van der Waals surface area contributed by atoms with Crippen molar-refractivity contribution in [3.8, 4) is 0 Å². The summed E-state index contributed by atoms with van der Waals surface area (Å²) in [6.07, 6.45) is 11.2. The summed E-state index contributed by atoms with van der Waals surface area (Å²) in [6.45, 7) is 9.98. The third-order valence-corrected chi connectivity index (χ3v) is 7.45. The number of anilines is 1. The molecule has 1 unspecified atom stereocenters. The highest BCUT2D eigenvalue weighted by molar-refractivity contribution is 5.92. The van der Waals surface area contributed by atoms with Crippen LogP contribution in [-0.4, -0.2) is 59.4 Å². The Kier molecular flexibility index (Phi) is 7.69. The quantitative estimate of drug-likeness (QED) is 0.570. The maximum absolute atomic E-state index is 12.7. The summed E-state index contributed by atoms with van der Waals surface area (Å²) in [4.78, 5) is 28.2. The second-order valence-corrected chi connectivity index (χ2v) is 10.3. The normalized spacial score (nSPS) is 21.7. The van der Waals surface area contributed by atoms with Crippen LogP contribution in [0.3, 0.4) is 0 Å². The zero-order valence-electron chi connectivity index (χ0n) is 21.8. The van der Waals surface area contributed by atoms with E-state index in [4.69, 9.17) is 4.74 Å². The lowest BCUT2D eigenvalue weighted by atomic mass is 9.80. The molecule has 7 heteroatoms. The molecule has 3 heterocycles. The van der Waals surface area contributed by atoms with Crippen molar-refractivity contribution in [1.29, 1.82) is 0 Å². The van der Waals surface area contributed by atoms with Gasteiger partial charge in [0.05, 0.1) is 11.3 Å². The molecule has 2 aliphatic heterocycles. The maximum atomic E-state index is 12.7. The molecular weight excluding hydrogens is 454 g/mol. The highest BCUT2D eigenvalue weighted by Crippen LogP contribution is 2.38. The highest BCUT2D eigenvalue weighted by Gasteiger charge is 2.42. The van der Waals surface area contributed by atoms with E-state index in [2.05, 4.69) is 53.9 Å².